The highest BCUT2D eigenvalue weighted by molar-refractivity contribution is 7.89. The number of rotatable bonds is 6. The Morgan fingerprint density at radius 3 is 2.56 bits per heavy atom. The van der Waals surface area contributed by atoms with E-state index in [9.17, 15) is 8.42 Å². The molecular weight excluding hydrogens is 252 g/mol. The van der Waals surface area contributed by atoms with Gasteiger partial charge in [-0.2, -0.15) is 4.31 Å². The molecule has 0 saturated carbocycles. The van der Waals surface area contributed by atoms with Gasteiger partial charge in [0, 0.05) is 25.9 Å². The van der Waals surface area contributed by atoms with Gasteiger partial charge in [0.2, 0.25) is 10.0 Å². The number of aryl methyl sites for hydroxylation is 1. The van der Waals surface area contributed by atoms with Crippen LogP contribution < -0.4 is 5.73 Å². The number of likely N-dealkylation sites (N-methyl/N-ethyl adjacent to an activating group) is 1. The lowest BCUT2D eigenvalue weighted by Crippen LogP contribution is -2.33. The van der Waals surface area contributed by atoms with Gasteiger partial charge in [-0.3, -0.25) is 0 Å². The molecule has 0 aliphatic rings. The molecule has 0 aliphatic heterocycles. The summed E-state index contributed by atoms with van der Waals surface area (Å²) in [7, 11) is -1.92. The Morgan fingerprint density at radius 2 is 2.06 bits per heavy atom. The second-order valence-electron chi connectivity index (χ2n) is 4.01. The third kappa shape index (κ3) is 3.22. The lowest BCUT2D eigenvalue weighted by Gasteiger charge is -2.20. The molecule has 0 spiro atoms. The van der Waals surface area contributed by atoms with Gasteiger partial charge < -0.3 is 10.5 Å². The van der Waals surface area contributed by atoms with Crippen molar-refractivity contribution in [1.29, 1.82) is 0 Å². The SMILES string of the molecule is CCN(CCOC)S(=O)(=O)c1ccc(N)c(C)c1. The smallest absolute Gasteiger partial charge is 0.243 e. The molecule has 1 aromatic rings. The lowest BCUT2D eigenvalue weighted by molar-refractivity contribution is 0.180. The molecule has 2 N–H and O–H groups in total. The standard InChI is InChI=1S/C12H20N2O3S/c1-4-14(7-8-17-3)18(15,16)11-5-6-12(13)10(2)9-11/h5-6,9H,4,7-8,13H2,1-3H3. The van der Waals surface area contributed by atoms with E-state index >= 15 is 0 Å². The van der Waals surface area contributed by atoms with E-state index in [0.29, 0.717) is 25.4 Å². The topological polar surface area (TPSA) is 72.6 Å². The zero-order valence-electron chi connectivity index (χ0n) is 11.0. The van der Waals surface area contributed by atoms with Crippen LogP contribution in [0, 0.1) is 6.92 Å². The number of hydrogen-bond acceptors (Lipinski definition) is 4. The summed E-state index contributed by atoms with van der Waals surface area (Å²) in [6.45, 7) is 4.73. The number of hydrogen-bond donors (Lipinski definition) is 1. The predicted molar refractivity (Wildman–Crippen MR) is 71.9 cm³/mol. The largest absolute Gasteiger partial charge is 0.399 e. The minimum atomic E-state index is -3.46. The molecule has 0 atom stereocenters. The molecule has 0 radical (unpaired) electrons. The van der Waals surface area contributed by atoms with Crippen LogP contribution >= 0.6 is 0 Å². The molecule has 18 heavy (non-hydrogen) atoms. The van der Waals surface area contributed by atoms with Gasteiger partial charge in [-0.1, -0.05) is 6.92 Å². The number of sulfonamides is 1. The minimum absolute atomic E-state index is 0.271. The fourth-order valence-electron chi connectivity index (χ4n) is 1.60. The fourth-order valence-corrected chi connectivity index (χ4v) is 3.12. The Labute approximate surface area is 109 Å². The van der Waals surface area contributed by atoms with E-state index in [1.165, 1.54) is 10.4 Å². The van der Waals surface area contributed by atoms with E-state index in [-0.39, 0.29) is 4.90 Å². The maximum absolute atomic E-state index is 12.4. The Bertz CT molecular complexity index is 500. The molecule has 0 fully saturated rings. The predicted octanol–water partition coefficient (Wildman–Crippen LogP) is 1.23. The molecule has 0 saturated heterocycles. The molecular formula is C12H20N2O3S. The van der Waals surface area contributed by atoms with Crippen LogP contribution in [0.15, 0.2) is 23.1 Å². The summed E-state index contributed by atoms with van der Waals surface area (Å²) in [5, 5.41) is 0. The van der Waals surface area contributed by atoms with Gasteiger partial charge >= 0.3 is 0 Å². The quantitative estimate of drug-likeness (QED) is 0.791. The van der Waals surface area contributed by atoms with Gasteiger partial charge in [0.15, 0.2) is 0 Å². The Morgan fingerprint density at radius 1 is 1.39 bits per heavy atom. The molecule has 0 heterocycles. The number of nitrogen functional groups attached to an aromatic ring is 1. The van der Waals surface area contributed by atoms with Gasteiger partial charge in [0.1, 0.15) is 0 Å². The highest BCUT2D eigenvalue weighted by atomic mass is 32.2. The summed E-state index contributed by atoms with van der Waals surface area (Å²) in [5.74, 6) is 0. The van der Waals surface area contributed by atoms with Crippen LogP contribution in [0.1, 0.15) is 12.5 Å². The van der Waals surface area contributed by atoms with Crippen LogP contribution in [-0.4, -0.2) is 39.5 Å². The van der Waals surface area contributed by atoms with Gasteiger partial charge in [0.05, 0.1) is 11.5 Å². The number of nitrogens with two attached hydrogens (primary N) is 1. The molecule has 1 rings (SSSR count). The van der Waals surface area contributed by atoms with E-state index in [1.54, 1.807) is 33.1 Å². The third-order valence-electron chi connectivity index (χ3n) is 2.78. The Kier molecular flexibility index (Phi) is 5.13. The van der Waals surface area contributed by atoms with Gasteiger partial charge in [-0.15, -0.1) is 0 Å². The van der Waals surface area contributed by atoms with Gasteiger partial charge in [-0.05, 0) is 30.7 Å². The number of ether oxygens (including phenoxy) is 1. The second-order valence-corrected chi connectivity index (χ2v) is 5.95. The number of methoxy groups -OCH3 is 1. The average molecular weight is 272 g/mol. The molecule has 1 aromatic carbocycles. The number of nitrogens with zero attached hydrogens (tertiary/aromatic N) is 1. The van der Waals surface area contributed by atoms with Gasteiger partial charge in [-0.25, -0.2) is 8.42 Å². The van der Waals surface area contributed by atoms with Crippen LogP contribution in [0.4, 0.5) is 5.69 Å². The number of anilines is 1. The first-order chi connectivity index (χ1) is 8.43. The van der Waals surface area contributed by atoms with Crippen LogP contribution in [0.25, 0.3) is 0 Å². The highest BCUT2D eigenvalue weighted by Crippen LogP contribution is 2.20. The van der Waals surface area contributed by atoms with Crippen LogP contribution in [-0.2, 0) is 14.8 Å². The maximum atomic E-state index is 12.4. The van der Waals surface area contributed by atoms with Crippen molar-refractivity contribution in [2.45, 2.75) is 18.7 Å². The summed E-state index contributed by atoms with van der Waals surface area (Å²) >= 11 is 0. The van der Waals surface area contributed by atoms with Crippen molar-refractivity contribution in [2.75, 3.05) is 32.5 Å². The van der Waals surface area contributed by atoms with Crippen molar-refractivity contribution in [3.63, 3.8) is 0 Å². The summed E-state index contributed by atoms with van der Waals surface area (Å²) < 4.78 is 31.0. The van der Waals surface area contributed by atoms with Crippen LogP contribution in [0.3, 0.4) is 0 Å². The molecule has 6 heteroatoms. The van der Waals surface area contributed by atoms with Crippen LogP contribution in [0.2, 0.25) is 0 Å². The summed E-state index contributed by atoms with van der Waals surface area (Å²) in [6, 6.07) is 4.75. The van der Waals surface area contributed by atoms with E-state index in [4.69, 9.17) is 10.5 Å². The first-order valence-corrected chi connectivity index (χ1v) is 7.22. The van der Waals surface area contributed by atoms with Crippen molar-refractivity contribution in [3.05, 3.63) is 23.8 Å². The lowest BCUT2D eigenvalue weighted by atomic mass is 10.2. The number of benzene rings is 1. The molecule has 0 bridgehead atoms. The second kappa shape index (κ2) is 6.17. The first-order valence-electron chi connectivity index (χ1n) is 5.78. The fraction of sp³-hybridized carbons (Fsp3) is 0.500. The third-order valence-corrected chi connectivity index (χ3v) is 4.75. The molecule has 0 unspecified atom stereocenters. The molecule has 0 aliphatic carbocycles. The van der Waals surface area contributed by atoms with Crippen molar-refractivity contribution in [1.82, 2.24) is 4.31 Å². The maximum Gasteiger partial charge on any atom is 0.243 e. The van der Waals surface area contributed by atoms with Crippen molar-refractivity contribution >= 4 is 15.7 Å². The van der Waals surface area contributed by atoms with Crippen molar-refractivity contribution in [3.8, 4) is 0 Å². The Hall–Kier alpha value is -1.11. The van der Waals surface area contributed by atoms with Crippen molar-refractivity contribution < 1.29 is 13.2 Å². The Balaban J connectivity index is 3.06. The van der Waals surface area contributed by atoms with E-state index in [0.717, 1.165) is 5.56 Å². The summed E-state index contributed by atoms with van der Waals surface area (Å²) in [6.07, 6.45) is 0. The zero-order chi connectivity index (χ0) is 13.8. The van der Waals surface area contributed by atoms with Crippen LogP contribution in [0.5, 0.6) is 0 Å². The minimum Gasteiger partial charge on any atom is -0.399 e. The van der Waals surface area contributed by atoms with E-state index in [2.05, 4.69) is 0 Å². The highest BCUT2D eigenvalue weighted by Gasteiger charge is 2.22. The summed E-state index contributed by atoms with van der Waals surface area (Å²) in [4.78, 5) is 0.271. The molecule has 5 nitrogen and oxygen atoms in total. The normalized spacial score (nSPS) is 12.0. The molecule has 0 aromatic heterocycles. The van der Waals surface area contributed by atoms with Gasteiger partial charge in [0.25, 0.3) is 0 Å². The van der Waals surface area contributed by atoms with Crippen molar-refractivity contribution in [2.24, 2.45) is 0 Å². The first kappa shape index (κ1) is 14.9. The molecule has 102 valence electrons. The van der Waals surface area contributed by atoms with E-state index < -0.39 is 10.0 Å². The van der Waals surface area contributed by atoms with E-state index in [1.807, 2.05) is 0 Å². The monoisotopic (exact) mass is 272 g/mol. The zero-order valence-corrected chi connectivity index (χ0v) is 11.8. The summed E-state index contributed by atoms with van der Waals surface area (Å²) in [5.41, 5.74) is 7.05. The average Bonchev–Trinajstić information content (AvgIpc) is 2.33. The molecule has 0 amide bonds.